The highest BCUT2D eigenvalue weighted by Crippen LogP contribution is 2.31. The molecule has 1 amide bonds. The number of anilines is 1. The van der Waals surface area contributed by atoms with Gasteiger partial charge in [0.15, 0.2) is 0 Å². The Labute approximate surface area is 131 Å². The van der Waals surface area contributed by atoms with Gasteiger partial charge >= 0.3 is 0 Å². The topological polar surface area (TPSA) is 88.2 Å². The molecule has 5 nitrogen and oxygen atoms in total. The lowest BCUT2D eigenvalue weighted by Gasteiger charge is -2.02. The number of amides is 1. The first-order valence-electron chi connectivity index (χ1n) is 6.83. The third-order valence-electron chi connectivity index (χ3n) is 3.18. The molecule has 4 N–H and O–H groups in total. The predicted molar refractivity (Wildman–Crippen MR) is 88.9 cm³/mol. The molecule has 0 fully saturated rings. The van der Waals surface area contributed by atoms with Gasteiger partial charge in [-0.05, 0) is 30.3 Å². The summed E-state index contributed by atoms with van der Waals surface area (Å²) >= 11 is 1.52. The Kier molecular flexibility index (Phi) is 4.04. The molecule has 112 valence electrons. The number of thiazole rings is 1. The standard InChI is InChI=1S/C16H15N3O2S/c17-12-3-1-2-11(8-12)16-19-13-5-4-10(9-14(13)22-16)15(21)18-6-7-20/h1-5,8-9,20H,6-7,17H2,(H,18,21). The van der Waals surface area contributed by atoms with E-state index >= 15 is 0 Å². The first-order valence-corrected chi connectivity index (χ1v) is 7.64. The van der Waals surface area contributed by atoms with Crippen molar-refractivity contribution in [3.05, 3.63) is 48.0 Å². The highest BCUT2D eigenvalue weighted by molar-refractivity contribution is 7.21. The zero-order chi connectivity index (χ0) is 15.5. The number of carbonyl (C=O) groups is 1. The summed E-state index contributed by atoms with van der Waals surface area (Å²) in [5, 5.41) is 12.3. The Morgan fingerprint density at radius 2 is 2.14 bits per heavy atom. The number of carbonyl (C=O) groups excluding carboxylic acids is 1. The van der Waals surface area contributed by atoms with Crippen LogP contribution in [0.25, 0.3) is 20.8 Å². The van der Waals surface area contributed by atoms with E-state index in [0.29, 0.717) is 11.3 Å². The molecule has 22 heavy (non-hydrogen) atoms. The lowest BCUT2D eigenvalue weighted by atomic mass is 10.2. The number of aliphatic hydroxyl groups excluding tert-OH is 1. The monoisotopic (exact) mass is 313 g/mol. The Morgan fingerprint density at radius 1 is 1.27 bits per heavy atom. The third kappa shape index (κ3) is 2.93. The van der Waals surface area contributed by atoms with Gasteiger partial charge in [-0.15, -0.1) is 11.3 Å². The molecule has 0 aliphatic rings. The lowest BCUT2D eigenvalue weighted by molar-refractivity contribution is 0.0945. The minimum absolute atomic E-state index is 0.0753. The first kappa shape index (κ1) is 14.5. The Hall–Kier alpha value is -2.44. The summed E-state index contributed by atoms with van der Waals surface area (Å²) in [5.74, 6) is -0.199. The van der Waals surface area contributed by atoms with Crippen LogP contribution in [0.15, 0.2) is 42.5 Å². The minimum atomic E-state index is -0.199. The van der Waals surface area contributed by atoms with E-state index in [4.69, 9.17) is 10.8 Å². The molecular formula is C16H15N3O2S. The maximum Gasteiger partial charge on any atom is 0.251 e. The first-order chi connectivity index (χ1) is 10.7. The number of nitrogens with zero attached hydrogens (tertiary/aromatic N) is 1. The van der Waals surface area contributed by atoms with Gasteiger partial charge in [0, 0.05) is 23.4 Å². The van der Waals surface area contributed by atoms with Crippen molar-refractivity contribution in [3.8, 4) is 10.6 Å². The summed E-state index contributed by atoms with van der Waals surface area (Å²) in [5.41, 5.74) is 8.87. The summed E-state index contributed by atoms with van der Waals surface area (Å²) < 4.78 is 0.939. The molecule has 0 saturated carbocycles. The van der Waals surface area contributed by atoms with Crippen molar-refractivity contribution in [2.24, 2.45) is 0 Å². The number of fused-ring (bicyclic) bond motifs is 1. The molecule has 0 spiro atoms. The van der Waals surface area contributed by atoms with E-state index in [2.05, 4.69) is 10.3 Å². The SMILES string of the molecule is Nc1cccc(-c2nc3ccc(C(=O)NCCO)cc3s2)c1. The lowest BCUT2D eigenvalue weighted by Crippen LogP contribution is -2.26. The highest BCUT2D eigenvalue weighted by Gasteiger charge is 2.10. The molecule has 3 aromatic rings. The number of nitrogen functional groups attached to an aromatic ring is 1. The molecule has 2 aromatic carbocycles. The predicted octanol–water partition coefficient (Wildman–Crippen LogP) is 2.27. The molecule has 0 radical (unpaired) electrons. The van der Waals surface area contributed by atoms with Crippen LogP contribution >= 0.6 is 11.3 Å². The molecule has 0 aliphatic carbocycles. The summed E-state index contributed by atoms with van der Waals surface area (Å²) in [4.78, 5) is 16.5. The van der Waals surface area contributed by atoms with Crippen molar-refractivity contribution >= 4 is 33.1 Å². The molecule has 0 atom stereocenters. The average molecular weight is 313 g/mol. The van der Waals surface area contributed by atoms with Crippen molar-refractivity contribution in [3.63, 3.8) is 0 Å². The van der Waals surface area contributed by atoms with Crippen LogP contribution in [0.2, 0.25) is 0 Å². The van der Waals surface area contributed by atoms with Crippen LogP contribution in [0.5, 0.6) is 0 Å². The van der Waals surface area contributed by atoms with E-state index in [1.54, 1.807) is 6.07 Å². The fourth-order valence-corrected chi connectivity index (χ4v) is 3.13. The van der Waals surface area contributed by atoms with Gasteiger partial charge in [-0.3, -0.25) is 4.79 Å². The number of aromatic nitrogens is 1. The maximum atomic E-state index is 11.9. The zero-order valence-electron chi connectivity index (χ0n) is 11.7. The van der Waals surface area contributed by atoms with Crippen LogP contribution in [0, 0.1) is 0 Å². The van der Waals surface area contributed by atoms with E-state index in [-0.39, 0.29) is 19.1 Å². The van der Waals surface area contributed by atoms with Crippen LogP contribution < -0.4 is 11.1 Å². The van der Waals surface area contributed by atoms with Crippen LogP contribution in [0.4, 0.5) is 5.69 Å². The summed E-state index contributed by atoms with van der Waals surface area (Å²) in [6, 6.07) is 12.9. The van der Waals surface area contributed by atoms with Gasteiger partial charge in [0.05, 0.1) is 16.8 Å². The number of hydrogen-bond acceptors (Lipinski definition) is 5. The van der Waals surface area contributed by atoms with Gasteiger partial charge in [-0.1, -0.05) is 12.1 Å². The van der Waals surface area contributed by atoms with Crippen molar-refractivity contribution in [1.29, 1.82) is 0 Å². The minimum Gasteiger partial charge on any atom is -0.399 e. The fourth-order valence-electron chi connectivity index (χ4n) is 2.13. The highest BCUT2D eigenvalue weighted by atomic mass is 32.1. The summed E-state index contributed by atoms with van der Waals surface area (Å²) in [6.45, 7) is 0.169. The molecule has 6 heteroatoms. The van der Waals surface area contributed by atoms with E-state index in [9.17, 15) is 4.79 Å². The second-order valence-corrected chi connectivity index (χ2v) is 5.84. The molecule has 1 aromatic heterocycles. The molecule has 1 heterocycles. The largest absolute Gasteiger partial charge is 0.399 e. The molecule has 0 aliphatic heterocycles. The third-order valence-corrected chi connectivity index (χ3v) is 4.25. The quantitative estimate of drug-likeness (QED) is 0.645. The second-order valence-electron chi connectivity index (χ2n) is 4.81. The zero-order valence-corrected chi connectivity index (χ0v) is 12.6. The van der Waals surface area contributed by atoms with Crippen LogP contribution in [-0.2, 0) is 0 Å². The van der Waals surface area contributed by atoms with Crippen molar-refractivity contribution in [2.45, 2.75) is 0 Å². The number of nitrogens with one attached hydrogen (secondary N) is 1. The van der Waals surface area contributed by atoms with E-state index in [1.165, 1.54) is 11.3 Å². The van der Waals surface area contributed by atoms with Gasteiger partial charge in [0.25, 0.3) is 5.91 Å². The van der Waals surface area contributed by atoms with Gasteiger partial charge < -0.3 is 16.2 Å². The van der Waals surface area contributed by atoms with E-state index in [0.717, 1.165) is 20.8 Å². The van der Waals surface area contributed by atoms with Gasteiger partial charge in [0.2, 0.25) is 0 Å². The van der Waals surface area contributed by atoms with E-state index in [1.807, 2.05) is 36.4 Å². The van der Waals surface area contributed by atoms with Gasteiger partial charge in [0.1, 0.15) is 5.01 Å². The normalized spacial score (nSPS) is 10.8. The Balaban J connectivity index is 1.95. The number of hydrogen-bond donors (Lipinski definition) is 3. The van der Waals surface area contributed by atoms with Crippen LogP contribution in [-0.4, -0.2) is 29.1 Å². The van der Waals surface area contributed by atoms with Gasteiger partial charge in [-0.2, -0.15) is 0 Å². The van der Waals surface area contributed by atoms with Crippen LogP contribution in [0.3, 0.4) is 0 Å². The number of benzene rings is 2. The number of rotatable bonds is 4. The number of nitrogens with two attached hydrogens (primary N) is 1. The summed E-state index contributed by atoms with van der Waals surface area (Å²) in [7, 11) is 0. The summed E-state index contributed by atoms with van der Waals surface area (Å²) in [6.07, 6.45) is 0. The van der Waals surface area contributed by atoms with Crippen molar-refractivity contribution in [2.75, 3.05) is 18.9 Å². The van der Waals surface area contributed by atoms with Crippen molar-refractivity contribution < 1.29 is 9.90 Å². The molecule has 0 bridgehead atoms. The average Bonchev–Trinajstić information content (AvgIpc) is 2.95. The number of aliphatic hydroxyl groups is 1. The fraction of sp³-hybridized carbons (Fsp3) is 0.125. The molecular weight excluding hydrogens is 298 g/mol. The molecule has 0 saturated heterocycles. The smallest absolute Gasteiger partial charge is 0.251 e. The van der Waals surface area contributed by atoms with E-state index < -0.39 is 0 Å². The molecule has 3 rings (SSSR count). The second kappa shape index (κ2) is 6.13. The molecule has 0 unspecified atom stereocenters. The van der Waals surface area contributed by atoms with Gasteiger partial charge in [-0.25, -0.2) is 4.98 Å². The van der Waals surface area contributed by atoms with Crippen LogP contribution in [0.1, 0.15) is 10.4 Å². The maximum absolute atomic E-state index is 11.9. The van der Waals surface area contributed by atoms with Crippen molar-refractivity contribution in [1.82, 2.24) is 10.3 Å². The Bertz CT molecular complexity index is 829. The Morgan fingerprint density at radius 3 is 2.91 bits per heavy atom.